The van der Waals surface area contributed by atoms with Crippen LogP contribution in [0.15, 0.2) is 0 Å². The van der Waals surface area contributed by atoms with E-state index in [1.54, 1.807) is 0 Å². The molecular formula is C10H22S. The molecule has 0 saturated heterocycles. The Kier molecular flexibility index (Phi) is 3.49. The van der Waals surface area contributed by atoms with Gasteiger partial charge in [-0.2, -0.15) is 12.6 Å². The van der Waals surface area contributed by atoms with E-state index in [9.17, 15) is 0 Å². The van der Waals surface area contributed by atoms with Crippen molar-refractivity contribution in [3.05, 3.63) is 0 Å². The summed E-state index contributed by atoms with van der Waals surface area (Å²) < 4.78 is 0.179. The van der Waals surface area contributed by atoms with Gasteiger partial charge in [0.2, 0.25) is 0 Å². The van der Waals surface area contributed by atoms with Crippen LogP contribution in [0.3, 0.4) is 0 Å². The van der Waals surface area contributed by atoms with Crippen LogP contribution in [-0.2, 0) is 0 Å². The van der Waals surface area contributed by atoms with E-state index in [0.717, 1.165) is 0 Å². The maximum absolute atomic E-state index is 4.68. The van der Waals surface area contributed by atoms with E-state index in [4.69, 9.17) is 0 Å². The second kappa shape index (κ2) is 3.38. The molecule has 0 fully saturated rings. The van der Waals surface area contributed by atoms with Crippen LogP contribution >= 0.6 is 12.6 Å². The van der Waals surface area contributed by atoms with Gasteiger partial charge in [-0.25, -0.2) is 0 Å². The summed E-state index contributed by atoms with van der Waals surface area (Å²) in [4.78, 5) is 0. The molecule has 0 bridgehead atoms. The van der Waals surface area contributed by atoms with E-state index < -0.39 is 0 Å². The van der Waals surface area contributed by atoms with Crippen molar-refractivity contribution in [2.45, 2.75) is 52.7 Å². The largest absolute Gasteiger partial charge is 0.173 e. The molecule has 0 heterocycles. The highest BCUT2D eigenvalue weighted by atomic mass is 32.1. The van der Waals surface area contributed by atoms with Gasteiger partial charge in [0.15, 0.2) is 0 Å². The average Bonchev–Trinajstić information content (AvgIpc) is 1.56. The molecular weight excluding hydrogens is 152 g/mol. The molecule has 0 rings (SSSR count). The monoisotopic (exact) mass is 174 g/mol. The van der Waals surface area contributed by atoms with Gasteiger partial charge in [0.05, 0.1) is 0 Å². The molecule has 1 heteroatoms. The summed E-state index contributed by atoms with van der Waals surface area (Å²) in [6.45, 7) is 13.5. The van der Waals surface area contributed by atoms with E-state index in [2.05, 4.69) is 54.2 Å². The highest BCUT2D eigenvalue weighted by Crippen LogP contribution is 2.36. The molecule has 0 aromatic heterocycles. The summed E-state index contributed by atoms with van der Waals surface area (Å²) in [5, 5.41) is 0. The highest BCUT2D eigenvalue weighted by Gasteiger charge is 2.28. The Morgan fingerprint density at radius 1 is 1.09 bits per heavy atom. The van der Waals surface area contributed by atoms with Crippen LogP contribution in [0.4, 0.5) is 0 Å². The van der Waals surface area contributed by atoms with Crippen LogP contribution in [0.25, 0.3) is 0 Å². The Balaban J connectivity index is 4.13. The van der Waals surface area contributed by atoms with Gasteiger partial charge < -0.3 is 0 Å². The van der Waals surface area contributed by atoms with E-state index in [1.165, 1.54) is 6.42 Å². The molecule has 0 aromatic rings. The number of hydrogen-bond acceptors (Lipinski definition) is 1. The van der Waals surface area contributed by atoms with Crippen molar-refractivity contribution >= 4 is 12.6 Å². The van der Waals surface area contributed by atoms with E-state index in [-0.39, 0.29) is 4.75 Å². The fraction of sp³-hybridized carbons (Fsp3) is 1.00. The first-order valence-electron chi connectivity index (χ1n) is 4.37. The fourth-order valence-corrected chi connectivity index (χ4v) is 1.75. The van der Waals surface area contributed by atoms with E-state index in [1.807, 2.05) is 0 Å². The van der Waals surface area contributed by atoms with Gasteiger partial charge in [0.1, 0.15) is 0 Å². The van der Waals surface area contributed by atoms with Crippen LogP contribution in [-0.4, -0.2) is 4.75 Å². The minimum Gasteiger partial charge on any atom is -0.173 e. The van der Waals surface area contributed by atoms with Crippen LogP contribution in [0.2, 0.25) is 0 Å². The predicted octanol–water partition coefficient (Wildman–Crippen LogP) is 3.77. The summed E-state index contributed by atoms with van der Waals surface area (Å²) in [6, 6.07) is 0. The second-order valence-electron chi connectivity index (χ2n) is 5.25. The highest BCUT2D eigenvalue weighted by molar-refractivity contribution is 7.81. The Morgan fingerprint density at radius 3 is 1.55 bits per heavy atom. The second-order valence-corrected chi connectivity index (χ2v) is 6.27. The van der Waals surface area contributed by atoms with Crippen molar-refractivity contribution < 1.29 is 0 Å². The lowest BCUT2D eigenvalue weighted by Crippen LogP contribution is -2.30. The molecule has 11 heavy (non-hydrogen) atoms. The molecule has 1 unspecified atom stereocenters. The summed E-state index contributed by atoms with van der Waals surface area (Å²) in [6.07, 6.45) is 1.17. The lowest BCUT2D eigenvalue weighted by atomic mass is 9.80. The van der Waals surface area contributed by atoms with Crippen molar-refractivity contribution in [3.63, 3.8) is 0 Å². The summed E-state index contributed by atoms with van der Waals surface area (Å²) in [5.41, 5.74) is 0.390. The summed E-state index contributed by atoms with van der Waals surface area (Å²) in [5.74, 6) is 0.644. The molecule has 68 valence electrons. The number of hydrogen-bond donors (Lipinski definition) is 1. The van der Waals surface area contributed by atoms with Crippen LogP contribution in [0.5, 0.6) is 0 Å². The normalized spacial score (nSPS) is 18.5. The molecule has 0 spiro atoms. The lowest BCUT2D eigenvalue weighted by molar-refractivity contribution is 0.289. The van der Waals surface area contributed by atoms with E-state index >= 15 is 0 Å². The first kappa shape index (κ1) is 11.4. The quantitative estimate of drug-likeness (QED) is 0.605. The molecule has 0 amide bonds. The van der Waals surface area contributed by atoms with Gasteiger partial charge in [-0.15, -0.1) is 0 Å². The SMILES string of the molecule is CC(C)C(C)(S)CC(C)(C)C. The van der Waals surface area contributed by atoms with Gasteiger partial charge in [0, 0.05) is 4.75 Å². The molecule has 0 aliphatic rings. The Bertz CT molecular complexity index is 117. The molecule has 1 atom stereocenters. The van der Waals surface area contributed by atoms with Crippen molar-refractivity contribution in [3.8, 4) is 0 Å². The first-order chi connectivity index (χ1) is 4.65. The zero-order valence-electron chi connectivity index (χ0n) is 8.73. The third-order valence-corrected chi connectivity index (χ3v) is 2.81. The van der Waals surface area contributed by atoms with Gasteiger partial charge >= 0.3 is 0 Å². The maximum atomic E-state index is 4.68. The smallest absolute Gasteiger partial charge is 0.0129 e. The van der Waals surface area contributed by atoms with Gasteiger partial charge in [-0.1, -0.05) is 41.5 Å². The minimum absolute atomic E-state index is 0.179. The molecule has 0 nitrogen and oxygen atoms in total. The number of rotatable bonds is 2. The Hall–Kier alpha value is 0.350. The Labute approximate surface area is 77.2 Å². The summed E-state index contributed by atoms with van der Waals surface area (Å²) in [7, 11) is 0. The zero-order valence-corrected chi connectivity index (χ0v) is 9.63. The third-order valence-electron chi connectivity index (χ3n) is 2.13. The molecule has 0 N–H and O–H groups in total. The van der Waals surface area contributed by atoms with Gasteiger partial charge in [-0.3, -0.25) is 0 Å². The predicted molar refractivity (Wildman–Crippen MR) is 56.3 cm³/mol. The topological polar surface area (TPSA) is 0 Å². The van der Waals surface area contributed by atoms with Crippen LogP contribution < -0.4 is 0 Å². The lowest BCUT2D eigenvalue weighted by Gasteiger charge is -2.34. The van der Waals surface area contributed by atoms with E-state index in [0.29, 0.717) is 11.3 Å². The Morgan fingerprint density at radius 2 is 1.45 bits per heavy atom. The van der Waals surface area contributed by atoms with Crippen molar-refractivity contribution in [1.82, 2.24) is 0 Å². The van der Waals surface area contributed by atoms with Crippen molar-refractivity contribution in [2.75, 3.05) is 0 Å². The standard InChI is InChI=1S/C10H22S/c1-8(2)10(6,11)7-9(3,4)5/h8,11H,7H2,1-6H3. The van der Waals surface area contributed by atoms with Crippen molar-refractivity contribution in [1.29, 1.82) is 0 Å². The molecule has 0 saturated carbocycles. The van der Waals surface area contributed by atoms with Gasteiger partial charge in [-0.05, 0) is 17.8 Å². The molecule has 0 radical (unpaired) electrons. The molecule has 0 aliphatic carbocycles. The maximum Gasteiger partial charge on any atom is 0.0129 e. The summed E-state index contributed by atoms with van der Waals surface area (Å²) >= 11 is 4.68. The first-order valence-corrected chi connectivity index (χ1v) is 4.82. The zero-order chi connectivity index (χ0) is 9.28. The van der Waals surface area contributed by atoms with Crippen LogP contribution in [0, 0.1) is 11.3 Å². The average molecular weight is 174 g/mol. The molecule has 0 aliphatic heterocycles. The molecule has 0 aromatic carbocycles. The third kappa shape index (κ3) is 4.73. The minimum atomic E-state index is 0.179. The fourth-order valence-electron chi connectivity index (χ4n) is 1.28. The van der Waals surface area contributed by atoms with Crippen LogP contribution in [0.1, 0.15) is 48.0 Å². The van der Waals surface area contributed by atoms with Crippen molar-refractivity contribution in [2.24, 2.45) is 11.3 Å². The number of thiol groups is 1. The van der Waals surface area contributed by atoms with Gasteiger partial charge in [0.25, 0.3) is 0 Å².